The van der Waals surface area contributed by atoms with E-state index in [4.69, 9.17) is 23.2 Å². The maximum Gasteiger partial charge on any atom is 0.243 e. The number of carbonyl (C=O) groups excluding carboxylic acids is 2. The highest BCUT2D eigenvalue weighted by Gasteiger charge is 2.30. The molecular weight excluding hydrogens is 475 g/mol. The summed E-state index contributed by atoms with van der Waals surface area (Å²) in [6, 6.07) is 15.0. The molecule has 1 aliphatic carbocycles. The van der Waals surface area contributed by atoms with E-state index >= 15 is 0 Å². The van der Waals surface area contributed by atoms with E-state index in [-0.39, 0.29) is 24.4 Å². The highest BCUT2D eigenvalue weighted by Crippen LogP contribution is 2.25. The number of carbonyl (C=O) groups is 2. The largest absolute Gasteiger partial charge is 0.352 e. The number of hydrogen-bond acceptors (Lipinski definition) is 3. The molecule has 0 heterocycles. The Hall–Kier alpha value is -1.69. The van der Waals surface area contributed by atoms with Gasteiger partial charge < -0.3 is 10.2 Å². The van der Waals surface area contributed by atoms with Crippen LogP contribution in [0.25, 0.3) is 0 Å². The molecule has 1 atom stereocenters. The zero-order valence-corrected chi connectivity index (χ0v) is 21.4. The molecule has 0 spiro atoms. The first-order valence-electron chi connectivity index (χ1n) is 11.6. The first-order chi connectivity index (χ1) is 16.0. The van der Waals surface area contributed by atoms with Crippen molar-refractivity contribution in [2.75, 3.05) is 5.75 Å². The van der Waals surface area contributed by atoms with Crippen molar-refractivity contribution >= 4 is 46.8 Å². The van der Waals surface area contributed by atoms with Gasteiger partial charge in [0.25, 0.3) is 0 Å². The predicted octanol–water partition coefficient (Wildman–Crippen LogP) is 6.48. The third-order valence-electron chi connectivity index (χ3n) is 6.03. The van der Waals surface area contributed by atoms with Gasteiger partial charge >= 0.3 is 0 Å². The molecule has 4 nitrogen and oxygen atoms in total. The first-order valence-corrected chi connectivity index (χ1v) is 13.5. The molecule has 3 rings (SSSR count). The van der Waals surface area contributed by atoms with Gasteiger partial charge in [-0.3, -0.25) is 9.59 Å². The Balaban J connectivity index is 1.73. The Labute approximate surface area is 211 Å². The SMILES string of the molecule is CC[C@@H](C(=O)NC1CCCCC1)N(Cc1ccc(Cl)cc1Cl)C(=O)CSCc1ccccc1. The number of nitrogens with zero attached hydrogens (tertiary/aromatic N) is 1. The van der Waals surface area contributed by atoms with E-state index in [1.165, 1.54) is 12.0 Å². The molecule has 0 unspecified atom stereocenters. The number of halogens is 2. The van der Waals surface area contributed by atoms with E-state index in [9.17, 15) is 9.59 Å². The summed E-state index contributed by atoms with van der Waals surface area (Å²) < 4.78 is 0. The Bertz CT molecular complexity index is 920. The molecular formula is C26H32Cl2N2O2S. The van der Waals surface area contributed by atoms with Crippen LogP contribution in [-0.4, -0.2) is 34.6 Å². The third-order valence-corrected chi connectivity index (χ3v) is 7.61. The fourth-order valence-electron chi connectivity index (χ4n) is 4.21. The molecule has 178 valence electrons. The predicted molar refractivity (Wildman–Crippen MR) is 139 cm³/mol. The second-order valence-electron chi connectivity index (χ2n) is 8.50. The molecule has 2 aromatic carbocycles. The van der Waals surface area contributed by atoms with E-state index in [0.717, 1.165) is 37.0 Å². The molecule has 0 saturated heterocycles. The Morgan fingerprint density at radius 2 is 1.82 bits per heavy atom. The van der Waals surface area contributed by atoms with Crippen molar-refractivity contribution in [1.29, 1.82) is 0 Å². The molecule has 0 radical (unpaired) electrons. The summed E-state index contributed by atoms with van der Waals surface area (Å²) in [5.41, 5.74) is 1.95. The minimum atomic E-state index is -0.538. The summed E-state index contributed by atoms with van der Waals surface area (Å²) in [5, 5.41) is 4.25. The van der Waals surface area contributed by atoms with Crippen molar-refractivity contribution in [3.63, 3.8) is 0 Å². The monoisotopic (exact) mass is 506 g/mol. The normalized spacial score (nSPS) is 15.1. The standard InChI is InChI=1S/C26H32Cl2N2O2S/c1-2-24(26(32)29-22-11-7-4-8-12-22)30(16-20-13-14-21(27)15-23(20)28)25(31)18-33-17-19-9-5-3-6-10-19/h3,5-6,9-10,13-15,22,24H,2,4,7-8,11-12,16-18H2,1H3,(H,29,32)/t24-/m0/s1. The van der Waals surface area contributed by atoms with Crippen LogP contribution in [0.1, 0.15) is 56.6 Å². The summed E-state index contributed by atoms with van der Waals surface area (Å²) >= 11 is 14.0. The maximum atomic E-state index is 13.4. The van der Waals surface area contributed by atoms with Gasteiger partial charge in [-0.15, -0.1) is 11.8 Å². The van der Waals surface area contributed by atoms with Gasteiger partial charge in [0.05, 0.1) is 5.75 Å². The molecule has 0 aromatic heterocycles. The lowest BCUT2D eigenvalue weighted by molar-refractivity contribution is -0.139. The highest BCUT2D eigenvalue weighted by molar-refractivity contribution is 7.99. The van der Waals surface area contributed by atoms with Crippen LogP contribution in [0.2, 0.25) is 10.0 Å². The third kappa shape index (κ3) is 7.94. The topological polar surface area (TPSA) is 49.4 Å². The Morgan fingerprint density at radius 1 is 1.09 bits per heavy atom. The quantitative estimate of drug-likeness (QED) is 0.400. The van der Waals surface area contributed by atoms with Gasteiger partial charge in [-0.05, 0) is 42.5 Å². The average molecular weight is 508 g/mol. The molecule has 7 heteroatoms. The van der Waals surface area contributed by atoms with Crippen LogP contribution < -0.4 is 5.32 Å². The van der Waals surface area contributed by atoms with Crippen molar-refractivity contribution in [2.24, 2.45) is 0 Å². The zero-order valence-electron chi connectivity index (χ0n) is 19.1. The van der Waals surface area contributed by atoms with Crippen LogP contribution in [0.15, 0.2) is 48.5 Å². The van der Waals surface area contributed by atoms with E-state index in [0.29, 0.717) is 22.2 Å². The minimum absolute atomic E-state index is 0.0624. The zero-order chi connectivity index (χ0) is 23.6. The molecule has 1 fully saturated rings. The van der Waals surface area contributed by atoms with Crippen LogP contribution in [0.5, 0.6) is 0 Å². The van der Waals surface area contributed by atoms with Crippen LogP contribution in [0.3, 0.4) is 0 Å². The molecule has 2 amide bonds. The summed E-state index contributed by atoms with van der Waals surface area (Å²) in [6.45, 7) is 2.23. The van der Waals surface area contributed by atoms with Crippen LogP contribution in [0.4, 0.5) is 0 Å². The van der Waals surface area contributed by atoms with Gasteiger partial charge in [-0.2, -0.15) is 0 Å². The van der Waals surface area contributed by atoms with Gasteiger partial charge in [-0.1, -0.05) is 85.8 Å². The van der Waals surface area contributed by atoms with E-state index in [1.54, 1.807) is 28.8 Å². The van der Waals surface area contributed by atoms with Crippen molar-refractivity contribution in [3.05, 3.63) is 69.7 Å². The van der Waals surface area contributed by atoms with Crippen molar-refractivity contribution < 1.29 is 9.59 Å². The van der Waals surface area contributed by atoms with Gasteiger partial charge in [0.2, 0.25) is 11.8 Å². The second kappa shape index (κ2) is 13.3. The fraction of sp³-hybridized carbons (Fsp3) is 0.462. The van der Waals surface area contributed by atoms with Gasteiger partial charge in [0.1, 0.15) is 6.04 Å². The van der Waals surface area contributed by atoms with Gasteiger partial charge in [0, 0.05) is 28.4 Å². The number of hydrogen-bond donors (Lipinski definition) is 1. The number of benzene rings is 2. The first kappa shape index (κ1) is 25.9. The summed E-state index contributed by atoms with van der Waals surface area (Å²) in [7, 11) is 0. The van der Waals surface area contributed by atoms with E-state index in [2.05, 4.69) is 17.4 Å². The molecule has 1 aliphatic rings. The molecule has 2 aromatic rings. The van der Waals surface area contributed by atoms with Gasteiger partial charge in [0.15, 0.2) is 0 Å². The molecule has 0 bridgehead atoms. The minimum Gasteiger partial charge on any atom is -0.352 e. The molecule has 1 N–H and O–H groups in total. The van der Waals surface area contributed by atoms with Crippen molar-refractivity contribution in [2.45, 2.75) is 69.8 Å². The molecule has 1 saturated carbocycles. The lowest BCUT2D eigenvalue weighted by atomic mass is 9.95. The summed E-state index contributed by atoms with van der Waals surface area (Å²) in [4.78, 5) is 28.3. The highest BCUT2D eigenvalue weighted by atomic mass is 35.5. The summed E-state index contributed by atoms with van der Waals surface area (Å²) in [5.74, 6) is 0.906. The summed E-state index contributed by atoms with van der Waals surface area (Å²) in [6.07, 6.45) is 6.06. The maximum absolute atomic E-state index is 13.4. The van der Waals surface area contributed by atoms with Crippen molar-refractivity contribution in [3.8, 4) is 0 Å². The van der Waals surface area contributed by atoms with Crippen LogP contribution in [-0.2, 0) is 21.9 Å². The fourth-order valence-corrected chi connectivity index (χ4v) is 5.55. The smallest absolute Gasteiger partial charge is 0.243 e. The molecule has 33 heavy (non-hydrogen) atoms. The number of rotatable bonds is 10. The number of amides is 2. The van der Waals surface area contributed by atoms with Gasteiger partial charge in [-0.25, -0.2) is 0 Å². The molecule has 0 aliphatic heterocycles. The average Bonchev–Trinajstić information content (AvgIpc) is 2.81. The van der Waals surface area contributed by atoms with Crippen LogP contribution >= 0.6 is 35.0 Å². The number of nitrogens with one attached hydrogen (secondary N) is 1. The van der Waals surface area contributed by atoms with Crippen LogP contribution in [0, 0.1) is 0 Å². The second-order valence-corrected chi connectivity index (χ2v) is 10.3. The number of thioether (sulfide) groups is 1. The van der Waals surface area contributed by atoms with Crippen molar-refractivity contribution in [1.82, 2.24) is 10.2 Å². The Morgan fingerprint density at radius 3 is 2.48 bits per heavy atom. The lowest BCUT2D eigenvalue weighted by Gasteiger charge is -2.33. The van der Waals surface area contributed by atoms with E-state index < -0.39 is 6.04 Å². The van der Waals surface area contributed by atoms with E-state index in [1.807, 2.05) is 31.2 Å². The Kier molecular flexibility index (Phi) is 10.4. The lowest BCUT2D eigenvalue weighted by Crippen LogP contribution is -2.52.